The molecule has 3 nitrogen and oxygen atoms in total. The number of amides is 1. The lowest BCUT2D eigenvalue weighted by Crippen LogP contribution is -2.45. The number of benzene rings is 1. The highest BCUT2D eigenvalue weighted by Crippen LogP contribution is 2.21. The molecule has 1 N–H and O–H groups in total. The van der Waals surface area contributed by atoms with E-state index in [0.717, 1.165) is 4.90 Å². The molecule has 1 fully saturated rings. The lowest BCUT2D eigenvalue weighted by Gasteiger charge is -2.34. The number of rotatable bonds is 4. The van der Waals surface area contributed by atoms with Crippen LogP contribution in [0, 0.1) is 11.7 Å². The molecule has 1 heterocycles. The van der Waals surface area contributed by atoms with Crippen LogP contribution in [-0.2, 0) is 4.79 Å². The number of piperidine rings is 1. The molecule has 20 heavy (non-hydrogen) atoms. The predicted octanol–water partition coefficient (Wildman–Crippen LogP) is 2.54. The third kappa shape index (κ3) is 4.21. The Balaban J connectivity index is 1.74. The molecule has 2 atom stereocenters. The van der Waals surface area contributed by atoms with Crippen molar-refractivity contribution in [3.05, 3.63) is 30.1 Å². The van der Waals surface area contributed by atoms with Gasteiger partial charge >= 0.3 is 0 Å². The number of nitrogens with zero attached hydrogens (tertiary/aromatic N) is 1. The molecule has 1 aromatic rings. The topological polar surface area (TPSA) is 40.5 Å². The first kappa shape index (κ1) is 15.3. The molecule has 2 unspecified atom stereocenters. The Bertz CT molecular complexity index is 452. The summed E-state index contributed by atoms with van der Waals surface area (Å²) < 4.78 is 12.8. The van der Waals surface area contributed by atoms with Crippen molar-refractivity contribution < 1.29 is 14.3 Å². The Morgan fingerprint density at radius 2 is 2.15 bits per heavy atom. The van der Waals surface area contributed by atoms with Crippen LogP contribution >= 0.6 is 11.8 Å². The average Bonchev–Trinajstić information content (AvgIpc) is 2.44. The fourth-order valence-electron chi connectivity index (χ4n) is 2.30. The lowest BCUT2D eigenvalue weighted by molar-refractivity contribution is -0.134. The minimum Gasteiger partial charge on any atom is -0.393 e. The first-order valence-electron chi connectivity index (χ1n) is 6.90. The maximum absolute atomic E-state index is 12.8. The van der Waals surface area contributed by atoms with E-state index >= 15 is 0 Å². The molecule has 0 aliphatic carbocycles. The van der Waals surface area contributed by atoms with Crippen molar-refractivity contribution in [1.29, 1.82) is 0 Å². The summed E-state index contributed by atoms with van der Waals surface area (Å²) in [5.74, 6) is 0.736. The van der Waals surface area contributed by atoms with Crippen LogP contribution in [-0.4, -0.2) is 40.9 Å². The third-order valence-electron chi connectivity index (χ3n) is 3.61. The lowest BCUT2D eigenvalue weighted by atomic mass is 9.96. The average molecular weight is 297 g/mol. The summed E-state index contributed by atoms with van der Waals surface area (Å²) >= 11 is 1.56. The van der Waals surface area contributed by atoms with Crippen molar-refractivity contribution in [2.24, 2.45) is 5.92 Å². The van der Waals surface area contributed by atoms with Crippen molar-refractivity contribution in [3.8, 4) is 0 Å². The monoisotopic (exact) mass is 297 g/mol. The van der Waals surface area contributed by atoms with Crippen molar-refractivity contribution in [1.82, 2.24) is 4.90 Å². The molecule has 0 radical (unpaired) electrons. The van der Waals surface area contributed by atoms with Gasteiger partial charge in [0.05, 0.1) is 6.10 Å². The zero-order valence-electron chi connectivity index (χ0n) is 11.6. The van der Waals surface area contributed by atoms with Gasteiger partial charge in [-0.1, -0.05) is 6.92 Å². The molecule has 1 saturated heterocycles. The van der Waals surface area contributed by atoms with Crippen LogP contribution in [0.3, 0.4) is 0 Å². The Kier molecular flexibility index (Phi) is 5.43. The smallest absolute Gasteiger partial charge is 0.223 e. The standard InChI is InChI=1S/C15H20FNO2S/c1-11-10-17(8-6-14(11)18)15(19)7-9-20-13-4-2-12(16)3-5-13/h2-5,11,14,18H,6-10H2,1H3. The number of halogens is 1. The third-order valence-corrected chi connectivity index (χ3v) is 4.62. The molecule has 0 aromatic heterocycles. The minimum atomic E-state index is -0.285. The quantitative estimate of drug-likeness (QED) is 0.868. The molecule has 0 saturated carbocycles. The summed E-state index contributed by atoms with van der Waals surface area (Å²) in [7, 11) is 0. The van der Waals surface area contributed by atoms with E-state index in [-0.39, 0.29) is 23.7 Å². The maximum Gasteiger partial charge on any atom is 0.223 e. The summed E-state index contributed by atoms with van der Waals surface area (Å²) in [4.78, 5) is 14.9. The number of carbonyl (C=O) groups is 1. The maximum atomic E-state index is 12.8. The molecule has 1 aliphatic rings. The zero-order chi connectivity index (χ0) is 14.5. The van der Waals surface area contributed by atoms with Crippen molar-refractivity contribution in [2.75, 3.05) is 18.8 Å². The van der Waals surface area contributed by atoms with Gasteiger partial charge in [0.1, 0.15) is 5.82 Å². The van der Waals surface area contributed by atoms with E-state index in [0.29, 0.717) is 31.7 Å². The largest absolute Gasteiger partial charge is 0.393 e. The number of hydrogen-bond donors (Lipinski definition) is 1. The molecule has 5 heteroatoms. The van der Waals surface area contributed by atoms with Gasteiger partial charge in [-0.2, -0.15) is 0 Å². The molecule has 0 bridgehead atoms. The van der Waals surface area contributed by atoms with E-state index in [4.69, 9.17) is 0 Å². The molecule has 1 amide bonds. The molecule has 110 valence electrons. The molecule has 1 aromatic carbocycles. The first-order valence-corrected chi connectivity index (χ1v) is 7.89. The van der Waals surface area contributed by atoms with E-state index in [9.17, 15) is 14.3 Å². The van der Waals surface area contributed by atoms with Crippen molar-refractivity contribution in [3.63, 3.8) is 0 Å². The number of carbonyl (C=O) groups excluding carboxylic acids is 1. The first-order chi connectivity index (χ1) is 9.56. The van der Waals surface area contributed by atoms with Crippen molar-refractivity contribution >= 4 is 17.7 Å². The molecule has 1 aliphatic heterocycles. The summed E-state index contributed by atoms with van der Waals surface area (Å²) in [5, 5.41) is 9.65. The van der Waals surface area contributed by atoms with Crippen LogP contribution in [0.15, 0.2) is 29.2 Å². The molecular formula is C15H20FNO2S. The Morgan fingerprint density at radius 1 is 1.45 bits per heavy atom. The number of likely N-dealkylation sites (tertiary alicyclic amines) is 1. The van der Waals surface area contributed by atoms with E-state index in [1.165, 1.54) is 12.1 Å². The van der Waals surface area contributed by atoms with Gasteiger partial charge in [0.25, 0.3) is 0 Å². The highest BCUT2D eigenvalue weighted by Gasteiger charge is 2.26. The molecule has 0 spiro atoms. The number of hydrogen-bond acceptors (Lipinski definition) is 3. The normalized spacial score (nSPS) is 22.9. The van der Waals surface area contributed by atoms with Crippen molar-refractivity contribution in [2.45, 2.75) is 30.8 Å². The second-order valence-corrected chi connectivity index (χ2v) is 6.39. The van der Waals surface area contributed by atoms with Crippen LogP contribution < -0.4 is 0 Å². The van der Waals surface area contributed by atoms with Gasteiger partial charge in [0, 0.05) is 30.2 Å². The summed E-state index contributed by atoms with van der Waals surface area (Å²) in [6.45, 7) is 3.25. The van der Waals surface area contributed by atoms with Gasteiger partial charge < -0.3 is 10.0 Å². The van der Waals surface area contributed by atoms with Gasteiger partial charge in [-0.15, -0.1) is 11.8 Å². The highest BCUT2D eigenvalue weighted by atomic mass is 32.2. The number of thioether (sulfide) groups is 1. The van der Waals surface area contributed by atoms with Crippen LogP contribution in [0.1, 0.15) is 19.8 Å². The fraction of sp³-hybridized carbons (Fsp3) is 0.533. The van der Waals surface area contributed by atoms with Gasteiger partial charge in [-0.25, -0.2) is 4.39 Å². The second kappa shape index (κ2) is 7.09. The minimum absolute atomic E-state index is 0.137. The van der Waals surface area contributed by atoms with E-state index in [2.05, 4.69) is 0 Å². The number of aliphatic hydroxyl groups is 1. The van der Waals surface area contributed by atoms with E-state index < -0.39 is 0 Å². The van der Waals surface area contributed by atoms with E-state index in [1.54, 1.807) is 23.9 Å². The van der Waals surface area contributed by atoms with Gasteiger partial charge in [-0.05, 0) is 36.6 Å². The van der Waals surface area contributed by atoms with Gasteiger partial charge in [0.2, 0.25) is 5.91 Å². The Morgan fingerprint density at radius 3 is 2.80 bits per heavy atom. The summed E-state index contributed by atoms with van der Waals surface area (Å²) in [6.07, 6.45) is 0.857. The van der Waals surface area contributed by atoms with Crippen LogP contribution in [0.4, 0.5) is 4.39 Å². The summed E-state index contributed by atoms with van der Waals surface area (Å²) in [5.41, 5.74) is 0. The van der Waals surface area contributed by atoms with Crippen LogP contribution in [0.25, 0.3) is 0 Å². The highest BCUT2D eigenvalue weighted by molar-refractivity contribution is 7.99. The van der Waals surface area contributed by atoms with E-state index in [1.807, 2.05) is 11.8 Å². The second-order valence-electron chi connectivity index (χ2n) is 5.23. The number of aliphatic hydroxyl groups excluding tert-OH is 1. The van der Waals surface area contributed by atoms with Crippen LogP contribution in [0.5, 0.6) is 0 Å². The van der Waals surface area contributed by atoms with Crippen LogP contribution in [0.2, 0.25) is 0 Å². The fourth-order valence-corrected chi connectivity index (χ4v) is 3.15. The van der Waals surface area contributed by atoms with Gasteiger partial charge in [0.15, 0.2) is 0 Å². The predicted molar refractivity (Wildman–Crippen MR) is 78.1 cm³/mol. The summed E-state index contributed by atoms with van der Waals surface area (Å²) in [6, 6.07) is 6.31. The molecular weight excluding hydrogens is 277 g/mol. The zero-order valence-corrected chi connectivity index (χ0v) is 12.4. The SMILES string of the molecule is CC1CN(C(=O)CCSc2ccc(F)cc2)CCC1O. The molecule has 2 rings (SSSR count). The Labute approximate surface area is 123 Å². The Hall–Kier alpha value is -1.07. The van der Waals surface area contributed by atoms with Gasteiger partial charge in [-0.3, -0.25) is 4.79 Å².